The Kier molecular flexibility index (Phi) is 6.38. The molecule has 168 valence electrons. The van der Waals surface area contributed by atoms with Gasteiger partial charge in [0.25, 0.3) is 0 Å². The maximum absolute atomic E-state index is 13.1. The molecule has 9 heteroatoms. The van der Waals surface area contributed by atoms with E-state index in [1.807, 2.05) is 24.3 Å². The second-order valence-electron chi connectivity index (χ2n) is 7.76. The molecule has 0 unspecified atom stereocenters. The lowest BCUT2D eigenvalue weighted by Crippen LogP contribution is -2.50. The Morgan fingerprint density at radius 1 is 0.906 bits per heavy atom. The maximum atomic E-state index is 13.1. The number of anilines is 1. The molecular formula is C23H24FN3O4S. The van der Waals surface area contributed by atoms with Gasteiger partial charge in [0.2, 0.25) is 21.8 Å². The quantitative estimate of drug-likeness (QED) is 0.647. The third-order valence-electron chi connectivity index (χ3n) is 5.70. The molecule has 2 fully saturated rings. The summed E-state index contributed by atoms with van der Waals surface area (Å²) in [4.78, 5) is 27.8. The van der Waals surface area contributed by atoms with Crippen molar-refractivity contribution >= 4 is 33.6 Å². The standard InChI is InChI=1S/C23H24FN3O4S/c24-19-6-10-21(11-7-19)32(30,31)26-16-14-25(15-17-26)22(28)12-5-18-3-8-20(9-4-18)27-13-1-2-23(27)29/h3-12H,1-2,13-17H2/b12-5+. The van der Waals surface area contributed by atoms with Crippen molar-refractivity contribution in [1.29, 1.82) is 0 Å². The normalized spacial score (nSPS) is 18.0. The summed E-state index contributed by atoms with van der Waals surface area (Å²) in [6.45, 7) is 1.64. The highest BCUT2D eigenvalue weighted by Gasteiger charge is 2.29. The lowest BCUT2D eigenvalue weighted by atomic mass is 10.2. The number of benzene rings is 2. The number of hydrogen-bond acceptors (Lipinski definition) is 4. The first-order valence-electron chi connectivity index (χ1n) is 10.5. The van der Waals surface area contributed by atoms with Crippen LogP contribution >= 0.6 is 0 Å². The van der Waals surface area contributed by atoms with Gasteiger partial charge >= 0.3 is 0 Å². The van der Waals surface area contributed by atoms with E-state index in [4.69, 9.17) is 0 Å². The topological polar surface area (TPSA) is 78.0 Å². The number of carbonyl (C=O) groups is 2. The predicted octanol–water partition coefficient (Wildman–Crippen LogP) is 2.50. The minimum absolute atomic E-state index is 0.0395. The molecule has 0 aromatic heterocycles. The van der Waals surface area contributed by atoms with E-state index in [0.717, 1.165) is 36.3 Å². The molecule has 2 aromatic carbocycles. The zero-order valence-electron chi connectivity index (χ0n) is 17.5. The van der Waals surface area contributed by atoms with Gasteiger partial charge in [-0.15, -0.1) is 0 Å². The Bertz CT molecular complexity index is 1120. The maximum Gasteiger partial charge on any atom is 0.246 e. The summed E-state index contributed by atoms with van der Waals surface area (Å²) in [7, 11) is -3.72. The van der Waals surface area contributed by atoms with Crippen LogP contribution in [0.2, 0.25) is 0 Å². The molecule has 7 nitrogen and oxygen atoms in total. The fourth-order valence-corrected chi connectivity index (χ4v) is 5.29. The molecule has 2 amide bonds. The predicted molar refractivity (Wildman–Crippen MR) is 119 cm³/mol. The Morgan fingerprint density at radius 2 is 1.56 bits per heavy atom. The average Bonchev–Trinajstić information content (AvgIpc) is 3.24. The van der Waals surface area contributed by atoms with Crippen LogP contribution in [0.1, 0.15) is 18.4 Å². The zero-order valence-corrected chi connectivity index (χ0v) is 18.3. The molecular weight excluding hydrogens is 433 g/mol. The minimum atomic E-state index is -3.72. The summed E-state index contributed by atoms with van der Waals surface area (Å²) in [5.74, 6) is -0.558. The van der Waals surface area contributed by atoms with Crippen molar-refractivity contribution in [2.45, 2.75) is 17.7 Å². The molecule has 32 heavy (non-hydrogen) atoms. The smallest absolute Gasteiger partial charge is 0.246 e. The van der Waals surface area contributed by atoms with E-state index in [0.29, 0.717) is 6.42 Å². The van der Waals surface area contributed by atoms with Gasteiger partial charge in [0.05, 0.1) is 4.90 Å². The SMILES string of the molecule is O=C(/C=C/c1ccc(N2CCCC2=O)cc1)N1CCN(S(=O)(=O)c2ccc(F)cc2)CC1. The highest BCUT2D eigenvalue weighted by atomic mass is 32.2. The highest BCUT2D eigenvalue weighted by molar-refractivity contribution is 7.89. The molecule has 0 bridgehead atoms. The third kappa shape index (κ3) is 4.73. The van der Waals surface area contributed by atoms with Crippen molar-refractivity contribution < 1.29 is 22.4 Å². The Morgan fingerprint density at radius 3 is 2.16 bits per heavy atom. The minimum Gasteiger partial charge on any atom is -0.337 e. The number of rotatable bonds is 5. The van der Waals surface area contributed by atoms with Gasteiger partial charge < -0.3 is 9.80 Å². The zero-order chi connectivity index (χ0) is 22.7. The van der Waals surface area contributed by atoms with Gasteiger partial charge in [-0.3, -0.25) is 9.59 Å². The van der Waals surface area contributed by atoms with Gasteiger partial charge in [0.1, 0.15) is 5.82 Å². The first kappa shape index (κ1) is 22.2. The third-order valence-corrected chi connectivity index (χ3v) is 7.61. The number of amides is 2. The molecule has 2 aliphatic rings. The van der Waals surface area contributed by atoms with Crippen LogP contribution < -0.4 is 4.90 Å². The second-order valence-corrected chi connectivity index (χ2v) is 9.70. The summed E-state index contributed by atoms with van der Waals surface area (Å²) in [5, 5.41) is 0. The van der Waals surface area contributed by atoms with Gasteiger partial charge in [-0.25, -0.2) is 12.8 Å². The molecule has 0 spiro atoms. The van der Waals surface area contributed by atoms with E-state index in [2.05, 4.69) is 0 Å². The van der Waals surface area contributed by atoms with E-state index in [1.54, 1.807) is 15.9 Å². The average molecular weight is 458 g/mol. The van der Waals surface area contributed by atoms with Gasteiger partial charge in [-0.1, -0.05) is 12.1 Å². The van der Waals surface area contributed by atoms with Crippen molar-refractivity contribution in [3.63, 3.8) is 0 Å². The van der Waals surface area contributed by atoms with Gasteiger partial charge in [-0.05, 0) is 54.5 Å². The van der Waals surface area contributed by atoms with Crippen LogP contribution in [-0.2, 0) is 19.6 Å². The summed E-state index contributed by atoms with van der Waals surface area (Å²) in [6.07, 6.45) is 4.63. The van der Waals surface area contributed by atoms with E-state index in [-0.39, 0.29) is 42.9 Å². The van der Waals surface area contributed by atoms with Crippen molar-refractivity contribution in [2.24, 2.45) is 0 Å². The van der Waals surface area contributed by atoms with Crippen molar-refractivity contribution in [3.05, 3.63) is 66.0 Å². The Labute approximate surface area is 186 Å². The summed E-state index contributed by atoms with van der Waals surface area (Å²) >= 11 is 0. The van der Waals surface area contributed by atoms with Crippen LogP contribution in [0.15, 0.2) is 59.5 Å². The summed E-state index contributed by atoms with van der Waals surface area (Å²) in [5.41, 5.74) is 1.70. The number of halogens is 1. The number of carbonyl (C=O) groups excluding carboxylic acids is 2. The lowest BCUT2D eigenvalue weighted by molar-refractivity contribution is -0.127. The van der Waals surface area contributed by atoms with Gasteiger partial charge in [0.15, 0.2) is 0 Å². The van der Waals surface area contributed by atoms with E-state index < -0.39 is 15.8 Å². The van der Waals surface area contributed by atoms with Gasteiger partial charge in [0, 0.05) is 50.9 Å². The van der Waals surface area contributed by atoms with Gasteiger partial charge in [-0.2, -0.15) is 4.31 Å². The second kappa shape index (κ2) is 9.22. The van der Waals surface area contributed by atoms with Crippen LogP contribution in [0, 0.1) is 5.82 Å². The summed E-state index contributed by atoms with van der Waals surface area (Å²) in [6, 6.07) is 12.2. The van der Waals surface area contributed by atoms with Crippen LogP contribution in [0.5, 0.6) is 0 Å². The van der Waals surface area contributed by atoms with Crippen molar-refractivity contribution in [3.8, 4) is 0 Å². The van der Waals surface area contributed by atoms with E-state index >= 15 is 0 Å². The fraction of sp³-hybridized carbons (Fsp3) is 0.304. The first-order valence-corrected chi connectivity index (χ1v) is 11.9. The highest BCUT2D eigenvalue weighted by Crippen LogP contribution is 2.22. The van der Waals surface area contributed by atoms with Crippen molar-refractivity contribution in [2.75, 3.05) is 37.6 Å². The van der Waals surface area contributed by atoms with Crippen LogP contribution in [0.25, 0.3) is 6.08 Å². The molecule has 0 N–H and O–H groups in total. The van der Waals surface area contributed by atoms with Crippen LogP contribution in [0.4, 0.5) is 10.1 Å². The number of piperazine rings is 1. The van der Waals surface area contributed by atoms with E-state index in [9.17, 15) is 22.4 Å². The van der Waals surface area contributed by atoms with Crippen LogP contribution in [0.3, 0.4) is 0 Å². The molecule has 4 rings (SSSR count). The van der Waals surface area contributed by atoms with Crippen LogP contribution in [-0.4, -0.2) is 62.2 Å². The van der Waals surface area contributed by atoms with E-state index in [1.165, 1.54) is 22.5 Å². The number of sulfonamides is 1. The first-order chi connectivity index (χ1) is 15.3. The molecule has 0 aliphatic carbocycles. The Hall–Kier alpha value is -3.04. The monoisotopic (exact) mass is 457 g/mol. The molecule has 0 atom stereocenters. The largest absolute Gasteiger partial charge is 0.337 e. The molecule has 2 saturated heterocycles. The number of nitrogens with zero attached hydrogens (tertiary/aromatic N) is 3. The molecule has 2 aromatic rings. The summed E-state index contributed by atoms with van der Waals surface area (Å²) < 4.78 is 39.8. The number of hydrogen-bond donors (Lipinski definition) is 0. The molecule has 2 aliphatic heterocycles. The lowest BCUT2D eigenvalue weighted by Gasteiger charge is -2.33. The molecule has 2 heterocycles. The fourth-order valence-electron chi connectivity index (χ4n) is 3.86. The molecule has 0 saturated carbocycles. The molecule has 0 radical (unpaired) electrons. The Balaban J connectivity index is 1.33. The van der Waals surface area contributed by atoms with Crippen molar-refractivity contribution in [1.82, 2.24) is 9.21 Å².